The number of aliphatic carboxylic acids is 1. The number of nitrogens with zero attached hydrogens (tertiary/aromatic N) is 1. The molecule has 3 rings (SSSR count). The van der Waals surface area contributed by atoms with Crippen molar-refractivity contribution in [3.63, 3.8) is 0 Å². The van der Waals surface area contributed by atoms with E-state index in [1.165, 1.54) is 7.11 Å². The van der Waals surface area contributed by atoms with Gasteiger partial charge in [-0.2, -0.15) is 5.06 Å². The minimum atomic E-state index is -1.46. The van der Waals surface area contributed by atoms with Gasteiger partial charge in [0.1, 0.15) is 18.2 Å². The zero-order valence-electron chi connectivity index (χ0n) is 19.0. The number of rotatable bonds is 7. The summed E-state index contributed by atoms with van der Waals surface area (Å²) in [6.45, 7) is 4.57. The largest absolute Gasteiger partial charge is 0.480 e. The second-order valence-electron chi connectivity index (χ2n) is 8.58. The van der Waals surface area contributed by atoms with E-state index in [-0.39, 0.29) is 12.5 Å². The van der Waals surface area contributed by atoms with E-state index in [1.807, 2.05) is 48.5 Å². The first-order chi connectivity index (χ1) is 15.6. The summed E-state index contributed by atoms with van der Waals surface area (Å²) >= 11 is 0. The van der Waals surface area contributed by atoms with Gasteiger partial charge < -0.3 is 19.9 Å². The number of carboxylic acids is 1. The number of amides is 2. The molecule has 0 saturated heterocycles. The Kier molecular flexibility index (Phi) is 7.23. The number of carbonyl (C=O) groups is 3. The highest BCUT2D eigenvalue weighted by molar-refractivity contribution is 5.81. The summed E-state index contributed by atoms with van der Waals surface area (Å²) in [6, 6.07) is 14.3. The normalized spacial score (nSPS) is 13.5. The van der Waals surface area contributed by atoms with E-state index in [0.717, 1.165) is 27.3 Å². The summed E-state index contributed by atoms with van der Waals surface area (Å²) in [5.41, 5.74) is 3.44. The molecule has 2 N–H and O–H groups in total. The van der Waals surface area contributed by atoms with Gasteiger partial charge in [0, 0.05) is 5.92 Å². The van der Waals surface area contributed by atoms with Crippen LogP contribution in [0.2, 0.25) is 0 Å². The fourth-order valence-corrected chi connectivity index (χ4v) is 3.67. The van der Waals surface area contributed by atoms with E-state index in [9.17, 15) is 19.5 Å². The van der Waals surface area contributed by atoms with E-state index in [2.05, 4.69) is 5.32 Å². The van der Waals surface area contributed by atoms with E-state index >= 15 is 0 Å². The average molecular weight is 456 g/mol. The molecule has 1 aliphatic carbocycles. The van der Waals surface area contributed by atoms with Crippen LogP contribution in [0, 0.1) is 0 Å². The van der Waals surface area contributed by atoms with Crippen LogP contribution in [0.15, 0.2) is 48.5 Å². The fourth-order valence-electron chi connectivity index (χ4n) is 3.67. The van der Waals surface area contributed by atoms with Crippen LogP contribution in [0.25, 0.3) is 11.1 Å². The molecular weight excluding hydrogens is 428 g/mol. The smallest absolute Gasteiger partial charge is 0.434 e. The van der Waals surface area contributed by atoms with E-state index in [1.54, 1.807) is 20.8 Å². The molecule has 0 heterocycles. The molecular formula is C24H28N2O7. The van der Waals surface area contributed by atoms with Crippen LogP contribution in [0.4, 0.5) is 9.59 Å². The zero-order chi connectivity index (χ0) is 24.2. The summed E-state index contributed by atoms with van der Waals surface area (Å²) in [5.74, 6) is -1.52. The minimum absolute atomic E-state index is 0.0340. The fraction of sp³-hybridized carbons (Fsp3) is 0.375. The van der Waals surface area contributed by atoms with Gasteiger partial charge in [-0.3, -0.25) is 4.84 Å². The van der Waals surface area contributed by atoms with Crippen molar-refractivity contribution in [2.75, 3.05) is 20.3 Å². The van der Waals surface area contributed by atoms with Crippen molar-refractivity contribution in [1.29, 1.82) is 0 Å². The summed E-state index contributed by atoms with van der Waals surface area (Å²) in [5, 5.41) is 12.5. The molecule has 0 spiro atoms. The SMILES string of the molecule is CON(C[C@H](NC(=O)OCC1c2ccccc2-c2ccccc21)C(=O)O)C(=O)OC(C)(C)C. The topological polar surface area (TPSA) is 114 Å². The molecule has 9 heteroatoms. The molecule has 0 bridgehead atoms. The third-order valence-corrected chi connectivity index (χ3v) is 5.10. The van der Waals surface area contributed by atoms with Crippen LogP contribution in [-0.4, -0.2) is 60.2 Å². The Morgan fingerprint density at radius 3 is 2.06 bits per heavy atom. The molecule has 33 heavy (non-hydrogen) atoms. The number of hydrogen-bond donors (Lipinski definition) is 2. The second kappa shape index (κ2) is 9.91. The lowest BCUT2D eigenvalue weighted by Gasteiger charge is -2.27. The van der Waals surface area contributed by atoms with Gasteiger partial charge in [0.15, 0.2) is 0 Å². The standard InChI is InChI=1S/C24H28N2O7/c1-24(2,3)33-23(30)26(31-4)13-20(21(27)28)25-22(29)32-14-19-17-11-7-5-9-15(17)16-10-6-8-12-18(16)19/h5-12,19-20H,13-14H2,1-4H3,(H,25,29)(H,27,28)/t20-/m0/s1. The first-order valence-electron chi connectivity index (χ1n) is 10.5. The highest BCUT2D eigenvalue weighted by Gasteiger charge is 2.32. The molecule has 2 aromatic rings. The molecule has 2 amide bonds. The van der Waals surface area contributed by atoms with Gasteiger partial charge in [0.25, 0.3) is 0 Å². The van der Waals surface area contributed by atoms with Crippen LogP contribution in [0.3, 0.4) is 0 Å². The van der Waals surface area contributed by atoms with Gasteiger partial charge >= 0.3 is 18.2 Å². The van der Waals surface area contributed by atoms with Crippen molar-refractivity contribution in [2.24, 2.45) is 0 Å². The lowest BCUT2D eigenvalue weighted by atomic mass is 9.98. The molecule has 1 aliphatic rings. The van der Waals surface area contributed by atoms with Crippen LogP contribution >= 0.6 is 0 Å². The second-order valence-corrected chi connectivity index (χ2v) is 8.58. The number of benzene rings is 2. The van der Waals surface area contributed by atoms with Gasteiger partial charge in [-0.15, -0.1) is 0 Å². The van der Waals surface area contributed by atoms with Gasteiger partial charge in [-0.05, 0) is 43.0 Å². The van der Waals surface area contributed by atoms with Crippen LogP contribution < -0.4 is 5.32 Å². The lowest BCUT2D eigenvalue weighted by molar-refractivity contribution is -0.149. The van der Waals surface area contributed by atoms with Gasteiger partial charge in [0.2, 0.25) is 0 Å². The van der Waals surface area contributed by atoms with Crippen molar-refractivity contribution in [2.45, 2.75) is 38.3 Å². The van der Waals surface area contributed by atoms with E-state index in [0.29, 0.717) is 0 Å². The van der Waals surface area contributed by atoms with Crippen LogP contribution in [0.5, 0.6) is 0 Å². The first kappa shape index (κ1) is 24.1. The average Bonchev–Trinajstić information content (AvgIpc) is 3.07. The van der Waals surface area contributed by atoms with Crippen molar-refractivity contribution in [1.82, 2.24) is 10.4 Å². The summed E-state index contributed by atoms with van der Waals surface area (Å²) in [4.78, 5) is 41.3. The van der Waals surface area contributed by atoms with Gasteiger partial charge in [-0.25, -0.2) is 14.4 Å². The summed E-state index contributed by atoms with van der Waals surface area (Å²) in [7, 11) is 1.20. The van der Waals surface area contributed by atoms with E-state index < -0.39 is 36.3 Å². The molecule has 0 radical (unpaired) electrons. The molecule has 9 nitrogen and oxygen atoms in total. The highest BCUT2D eigenvalue weighted by Crippen LogP contribution is 2.44. The number of nitrogens with one attached hydrogen (secondary N) is 1. The van der Waals surface area contributed by atoms with Crippen molar-refractivity contribution in [3.8, 4) is 11.1 Å². The maximum absolute atomic E-state index is 12.4. The van der Waals surface area contributed by atoms with Crippen LogP contribution in [-0.2, 0) is 19.1 Å². The van der Waals surface area contributed by atoms with Crippen molar-refractivity contribution in [3.05, 3.63) is 59.7 Å². The molecule has 0 aromatic heterocycles. The van der Waals surface area contributed by atoms with Gasteiger partial charge in [0.05, 0.1) is 13.7 Å². The lowest BCUT2D eigenvalue weighted by Crippen LogP contribution is -2.50. The predicted octanol–water partition coefficient (Wildman–Crippen LogP) is 3.78. The molecule has 0 unspecified atom stereocenters. The Hall–Kier alpha value is -3.59. The van der Waals surface area contributed by atoms with Crippen molar-refractivity contribution < 1.29 is 33.8 Å². The minimum Gasteiger partial charge on any atom is -0.480 e. The van der Waals surface area contributed by atoms with Gasteiger partial charge in [-0.1, -0.05) is 48.5 Å². The monoisotopic (exact) mass is 456 g/mol. The summed E-state index contributed by atoms with van der Waals surface area (Å²) in [6.07, 6.45) is -1.78. The molecule has 2 aromatic carbocycles. The number of carbonyl (C=O) groups excluding carboxylic acids is 2. The maximum Gasteiger partial charge on any atom is 0.434 e. The number of fused-ring (bicyclic) bond motifs is 3. The Balaban J connectivity index is 1.64. The highest BCUT2D eigenvalue weighted by atomic mass is 16.7. The van der Waals surface area contributed by atoms with E-state index in [4.69, 9.17) is 14.3 Å². The van der Waals surface area contributed by atoms with Crippen molar-refractivity contribution >= 4 is 18.2 Å². The number of carboxylic acid groups (broad SMARTS) is 1. The molecule has 0 fully saturated rings. The molecule has 1 atom stereocenters. The van der Waals surface area contributed by atoms with Crippen LogP contribution in [0.1, 0.15) is 37.8 Å². The Labute approximate surface area is 192 Å². The number of hydroxylamine groups is 2. The predicted molar refractivity (Wildman–Crippen MR) is 120 cm³/mol. The molecule has 176 valence electrons. The molecule has 0 aliphatic heterocycles. The number of ether oxygens (including phenoxy) is 2. The zero-order valence-corrected chi connectivity index (χ0v) is 19.0. The third-order valence-electron chi connectivity index (χ3n) is 5.10. The summed E-state index contributed by atoms with van der Waals surface area (Å²) < 4.78 is 10.6. The quantitative estimate of drug-likeness (QED) is 0.610. The Bertz CT molecular complexity index is 986. The number of alkyl carbamates (subject to hydrolysis) is 1. The Morgan fingerprint density at radius 2 is 1.58 bits per heavy atom. The molecule has 0 saturated carbocycles. The maximum atomic E-state index is 12.4. The third kappa shape index (κ3) is 5.81. The number of hydrogen-bond acceptors (Lipinski definition) is 6. The first-order valence-corrected chi connectivity index (χ1v) is 10.5. The Morgan fingerprint density at radius 1 is 1.03 bits per heavy atom.